The number of hydrogen-bond donors (Lipinski definition) is 2. The van der Waals surface area contributed by atoms with E-state index in [0.717, 1.165) is 44.9 Å². The first-order valence-corrected chi connectivity index (χ1v) is 15.0. The van der Waals surface area contributed by atoms with Crippen molar-refractivity contribution in [2.45, 2.75) is 122 Å². The molecule has 1 unspecified atom stereocenters. The number of carbonyl (C=O) groups is 2. The molecule has 6 nitrogen and oxygen atoms in total. The molecule has 2 atom stereocenters. The molecule has 0 aliphatic heterocycles. The molecule has 0 aromatic heterocycles. The number of hydrogen-bond acceptors (Lipinski definition) is 6. The molecule has 0 bridgehead atoms. The molecular formula is C33H54O6. The Hall–Kier alpha value is -2.44. The topological polar surface area (TPSA) is 93.1 Å². The lowest BCUT2D eigenvalue weighted by atomic mass is 10.1. The zero-order chi connectivity index (χ0) is 28.8. The van der Waals surface area contributed by atoms with E-state index < -0.39 is 24.8 Å². The van der Waals surface area contributed by atoms with Crippen molar-refractivity contribution in [3.05, 3.63) is 60.8 Å². The highest BCUT2D eigenvalue weighted by Crippen LogP contribution is 2.10. The summed E-state index contributed by atoms with van der Waals surface area (Å²) in [5, 5.41) is 19.5. The number of carbonyl (C=O) groups excluding carboxylic acids is 2. The van der Waals surface area contributed by atoms with Gasteiger partial charge >= 0.3 is 11.9 Å². The normalized spacial score (nSPS) is 13.8. The van der Waals surface area contributed by atoms with Crippen LogP contribution in [0, 0.1) is 0 Å². The summed E-state index contributed by atoms with van der Waals surface area (Å²) in [6.07, 6.45) is 31.8. The minimum atomic E-state index is -0.863. The van der Waals surface area contributed by atoms with Crippen LogP contribution < -0.4 is 0 Å². The third kappa shape index (κ3) is 26.9. The summed E-state index contributed by atoms with van der Waals surface area (Å²) in [5.41, 5.74) is 0. The van der Waals surface area contributed by atoms with E-state index in [2.05, 4.69) is 50.3 Å². The maximum absolute atomic E-state index is 12.0. The van der Waals surface area contributed by atoms with Crippen LogP contribution in [0.25, 0.3) is 0 Å². The Labute approximate surface area is 237 Å². The lowest BCUT2D eigenvalue weighted by Gasteiger charge is -2.16. The van der Waals surface area contributed by atoms with Crippen LogP contribution in [-0.4, -0.2) is 47.6 Å². The number of ether oxygens (including phenoxy) is 2. The number of aliphatic hydroxyl groups excluding tert-OH is 2. The molecule has 0 aliphatic carbocycles. The third-order valence-electron chi connectivity index (χ3n) is 5.93. The Morgan fingerprint density at radius 1 is 0.718 bits per heavy atom. The molecule has 39 heavy (non-hydrogen) atoms. The minimum Gasteiger partial charge on any atom is -0.462 e. The van der Waals surface area contributed by atoms with Gasteiger partial charge in [0.05, 0.1) is 12.7 Å². The second-order valence-corrected chi connectivity index (χ2v) is 9.65. The van der Waals surface area contributed by atoms with Gasteiger partial charge in [-0.1, -0.05) is 113 Å². The first-order chi connectivity index (χ1) is 19.0. The van der Waals surface area contributed by atoms with Crippen LogP contribution in [0.1, 0.15) is 110 Å². The molecule has 0 aromatic carbocycles. The summed E-state index contributed by atoms with van der Waals surface area (Å²) in [7, 11) is 0. The third-order valence-corrected chi connectivity index (χ3v) is 5.93. The number of rotatable bonds is 25. The molecular weight excluding hydrogens is 492 g/mol. The van der Waals surface area contributed by atoms with E-state index in [4.69, 9.17) is 9.47 Å². The van der Waals surface area contributed by atoms with Gasteiger partial charge in [-0.3, -0.25) is 9.59 Å². The van der Waals surface area contributed by atoms with Gasteiger partial charge in [0.2, 0.25) is 0 Å². The van der Waals surface area contributed by atoms with E-state index in [1.165, 1.54) is 25.7 Å². The second kappa shape index (κ2) is 28.6. The molecule has 0 aliphatic rings. The number of unbranched alkanes of at least 4 members (excludes halogenated alkanes) is 6. The van der Waals surface area contributed by atoms with Crippen LogP contribution in [0.3, 0.4) is 0 Å². The first-order valence-electron chi connectivity index (χ1n) is 15.0. The monoisotopic (exact) mass is 546 g/mol. The van der Waals surface area contributed by atoms with Crippen molar-refractivity contribution in [3.8, 4) is 0 Å². The lowest BCUT2D eigenvalue weighted by molar-refractivity contribution is -0.161. The Morgan fingerprint density at radius 3 is 1.95 bits per heavy atom. The summed E-state index contributed by atoms with van der Waals surface area (Å²) in [5.74, 6) is -0.812. The Bertz CT molecular complexity index is 734. The van der Waals surface area contributed by atoms with Crippen LogP contribution in [0.4, 0.5) is 0 Å². The van der Waals surface area contributed by atoms with Crippen molar-refractivity contribution in [2.75, 3.05) is 13.2 Å². The Kier molecular flexibility index (Phi) is 26.8. The maximum atomic E-state index is 12.0. The van der Waals surface area contributed by atoms with E-state index in [1.54, 1.807) is 12.2 Å². The van der Waals surface area contributed by atoms with Crippen molar-refractivity contribution in [2.24, 2.45) is 0 Å². The molecule has 2 N–H and O–H groups in total. The van der Waals surface area contributed by atoms with Crippen molar-refractivity contribution in [1.82, 2.24) is 0 Å². The number of allylic oxidation sites excluding steroid dienone is 9. The number of aliphatic hydroxyl groups is 2. The molecule has 0 spiro atoms. The quantitative estimate of drug-likeness (QED) is 0.0534. The number of esters is 2. The SMILES string of the molecule is CC/C=C\C/C=C\C/C=C\C/C=C\C=C\C(O)CCCC(=O)O[C@@H](CO)COC(=O)CCCCCCCCC. The Morgan fingerprint density at radius 2 is 1.31 bits per heavy atom. The van der Waals surface area contributed by atoms with Gasteiger partial charge in [0, 0.05) is 12.8 Å². The average molecular weight is 547 g/mol. The molecule has 0 heterocycles. The van der Waals surface area contributed by atoms with Gasteiger partial charge in [-0.05, 0) is 44.9 Å². The van der Waals surface area contributed by atoms with Crippen molar-refractivity contribution < 1.29 is 29.3 Å². The molecule has 0 amide bonds. The summed E-state index contributed by atoms with van der Waals surface area (Å²) < 4.78 is 10.4. The lowest BCUT2D eigenvalue weighted by Crippen LogP contribution is -2.28. The molecule has 0 saturated carbocycles. The predicted octanol–water partition coefficient (Wildman–Crippen LogP) is 7.47. The molecule has 0 radical (unpaired) electrons. The van der Waals surface area contributed by atoms with Crippen LogP contribution in [0.5, 0.6) is 0 Å². The molecule has 0 fully saturated rings. The second-order valence-electron chi connectivity index (χ2n) is 9.65. The van der Waals surface area contributed by atoms with E-state index in [1.807, 2.05) is 12.2 Å². The average Bonchev–Trinajstić information content (AvgIpc) is 2.93. The van der Waals surface area contributed by atoms with Gasteiger partial charge in [-0.2, -0.15) is 0 Å². The van der Waals surface area contributed by atoms with E-state index in [-0.39, 0.29) is 19.0 Å². The zero-order valence-corrected chi connectivity index (χ0v) is 24.5. The van der Waals surface area contributed by atoms with Crippen LogP contribution in [0.2, 0.25) is 0 Å². The highest BCUT2D eigenvalue weighted by Gasteiger charge is 2.16. The van der Waals surface area contributed by atoms with Crippen LogP contribution in [0.15, 0.2) is 60.8 Å². The summed E-state index contributed by atoms with van der Waals surface area (Å²) in [6, 6.07) is 0. The largest absolute Gasteiger partial charge is 0.462 e. The van der Waals surface area contributed by atoms with Gasteiger partial charge in [-0.15, -0.1) is 0 Å². The smallest absolute Gasteiger partial charge is 0.306 e. The van der Waals surface area contributed by atoms with Crippen molar-refractivity contribution in [1.29, 1.82) is 0 Å². The summed E-state index contributed by atoms with van der Waals surface area (Å²) in [4.78, 5) is 23.9. The van der Waals surface area contributed by atoms with Gasteiger partial charge in [0.25, 0.3) is 0 Å². The molecule has 0 rings (SSSR count). The van der Waals surface area contributed by atoms with Gasteiger partial charge in [0.15, 0.2) is 6.10 Å². The van der Waals surface area contributed by atoms with Crippen LogP contribution >= 0.6 is 0 Å². The van der Waals surface area contributed by atoms with Gasteiger partial charge in [0.1, 0.15) is 6.61 Å². The van der Waals surface area contributed by atoms with E-state index >= 15 is 0 Å². The fourth-order valence-electron chi connectivity index (χ4n) is 3.64. The highest BCUT2D eigenvalue weighted by atomic mass is 16.6. The predicted molar refractivity (Wildman–Crippen MR) is 160 cm³/mol. The first kappa shape index (κ1) is 36.6. The van der Waals surface area contributed by atoms with Gasteiger partial charge < -0.3 is 19.7 Å². The Balaban J connectivity index is 3.91. The molecule has 0 saturated heterocycles. The summed E-state index contributed by atoms with van der Waals surface area (Å²) >= 11 is 0. The minimum absolute atomic E-state index is 0.122. The summed E-state index contributed by atoms with van der Waals surface area (Å²) in [6.45, 7) is 3.77. The van der Waals surface area contributed by atoms with E-state index in [0.29, 0.717) is 19.3 Å². The fourth-order valence-corrected chi connectivity index (χ4v) is 3.64. The molecule has 6 heteroatoms. The van der Waals surface area contributed by atoms with Gasteiger partial charge in [-0.25, -0.2) is 0 Å². The van der Waals surface area contributed by atoms with Crippen molar-refractivity contribution >= 4 is 11.9 Å². The fraction of sp³-hybridized carbons (Fsp3) is 0.636. The van der Waals surface area contributed by atoms with E-state index in [9.17, 15) is 19.8 Å². The zero-order valence-electron chi connectivity index (χ0n) is 24.5. The van der Waals surface area contributed by atoms with Crippen molar-refractivity contribution in [3.63, 3.8) is 0 Å². The molecule has 0 aromatic rings. The molecule has 222 valence electrons. The maximum Gasteiger partial charge on any atom is 0.306 e. The highest BCUT2D eigenvalue weighted by molar-refractivity contribution is 5.70. The van der Waals surface area contributed by atoms with Crippen LogP contribution in [-0.2, 0) is 19.1 Å². The standard InChI is InChI=1S/C33H54O6/c1-3-5-7-9-11-12-13-14-15-16-18-19-21-24-30(35)25-23-27-33(37)39-31(28-34)29-38-32(36)26-22-20-17-10-8-6-4-2/h5,7,11-12,14-15,18-19,21,24,30-31,34-35H,3-4,6,8-10,13,16-17,20,22-23,25-29H2,1-2H3/b7-5-,12-11-,15-14-,19-18-,24-21+/t30?,31-/m0/s1.